The summed E-state index contributed by atoms with van der Waals surface area (Å²) < 4.78 is 4.87. The van der Waals surface area contributed by atoms with Gasteiger partial charge in [0.25, 0.3) is 0 Å². The molecule has 0 rings (SSSR count). The fourth-order valence-corrected chi connectivity index (χ4v) is 0.842. The van der Waals surface area contributed by atoms with Gasteiger partial charge in [0.2, 0.25) is 5.91 Å². The predicted molar refractivity (Wildman–Crippen MR) is 47.9 cm³/mol. The molecule has 5 heteroatoms. The van der Waals surface area contributed by atoms with Gasteiger partial charge in [0.05, 0.1) is 19.2 Å². The molecule has 0 aliphatic heterocycles. The normalized spacial score (nSPS) is 10.5. The molecule has 0 aliphatic carbocycles. The second-order valence-electron chi connectivity index (χ2n) is 3.18. The minimum absolute atomic E-state index is 0.0627. The molecule has 0 bridgehead atoms. The maximum atomic E-state index is 11.0. The number of carbonyl (C=O) groups excluding carboxylic acids is 2. The zero-order chi connectivity index (χ0) is 10.4. The first-order valence-corrected chi connectivity index (χ1v) is 4.08. The van der Waals surface area contributed by atoms with Gasteiger partial charge in [-0.3, -0.25) is 14.5 Å². The van der Waals surface area contributed by atoms with Gasteiger partial charge in [0, 0.05) is 0 Å². The molecule has 0 unspecified atom stereocenters. The molecule has 0 aromatic rings. The van der Waals surface area contributed by atoms with E-state index in [0.29, 0.717) is 0 Å². The van der Waals surface area contributed by atoms with Crippen molar-refractivity contribution in [1.29, 1.82) is 0 Å². The van der Waals surface area contributed by atoms with Crippen molar-refractivity contribution in [2.24, 2.45) is 5.73 Å². The second-order valence-corrected chi connectivity index (χ2v) is 3.18. The Labute approximate surface area is 77.8 Å². The number of carbonyl (C=O) groups is 2. The van der Waals surface area contributed by atoms with Gasteiger partial charge in [-0.2, -0.15) is 0 Å². The number of ether oxygens (including phenoxy) is 1. The average Bonchev–Trinajstić information content (AvgIpc) is 1.80. The van der Waals surface area contributed by atoms with Crippen LogP contribution in [0.15, 0.2) is 0 Å². The van der Waals surface area contributed by atoms with E-state index in [-0.39, 0.29) is 25.2 Å². The molecule has 0 saturated heterocycles. The summed E-state index contributed by atoms with van der Waals surface area (Å²) in [5, 5.41) is 0. The molecule has 0 aliphatic rings. The highest BCUT2D eigenvalue weighted by Crippen LogP contribution is 1.91. The molecule has 0 saturated carbocycles. The standard InChI is InChI=1S/C8H16N2O3/c1-6(2)13-8(12)5-10(3)4-7(9)11/h6H,4-5H2,1-3H3,(H2,9,11). The Hall–Kier alpha value is -1.10. The molecule has 0 heterocycles. The Balaban J connectivity index is 3.71. The molecular formula is C8H16N2O3. The van der Waals surface area contributed by atoms with E-state index in [2.05, 4.69) is 0 Å². The molecule has 13 heavy (non-hydrogen) atoms. The van der Waals surface area contributed by atoms with E-state index in [1.165, 1.54) is 4.90 Å². The lowest BCUT2D eigenvalue weighted by Crippen LogP contribution is -2.35. The lowest BCUT2D eigenvalue weighted by atomic mass is 10.4. The summed E-state index contributed by atoms with van der Waals surface area (Å²) in [4.78, 5) is 23.0. The maximum Gasteiger partial charge on any atom is 0.320 e. The highest BCUT2D eigenvalue weighted by Gasteiger charge is 2.10. The summed E-state index contributed by atoms with van der Waals surface area (Å²) in [5.74, 6) is -0.807. The third kappa shape index (κ3) is 7.27. The molecule has 0 aromatic heterocycles. The van der Waals surface area contributed by atoms with Gasteiger partial charge in [-0.15, -0.1) is 0 Å². The number of primary amides is 1. The first-order chi connectivity index (χ1) is 5.91. The van der Waals surface area contributed by atoms with E-state index in [4.69, 9.17) is 10.5 Å². The highest BCUT2D eigenvalue weighted by atomic mass is 16.5. The number of nitrogens with two attached hydrogens (primary N) is 1. The van der Waals surface area contributed by atoms with Gasteiger partial charge in [-0.25, -0.2) is 0 Å². The van der Waals surface area contributed by atoms with E-state index >= 15 is 0 Å². The monoisotopic (exact) mass is 188 g/mol. The summed E-state index contributed by atoms with van der Waals surface area (Å²) in [7, 11) is 1.63. The van der Waals surface area contributed by atoms with Gasteiger partial charge in [0.15, 0.2) is 0 Å². The Morgan fingerprint density at radius 3 is 2.31 bits per heavy atom. The lowest BCUT2D eigenvalue weighted by Gasteiger charge is -2.14. The summed E-state index contributed by atoms with van der Waals surface area (Å²) in [6, 6.07) is 0. The van der Waals surface area contributed by atoms with Crippen molar-refractivity contribution in [3.05, 3.63) is 0 Å². The Morgan fingerprint density at radius 2 is 1.92 bits per heavy atom. The van der Waals surface area contributed by atoms with E-state index < -0.39 is 5.91 Å². The van der Waals surface area contributed by atoms with E-state index in [1.807, 2.05) is 0 Å². The number of hydrogen-bond acceptors (Lipinski definition) is 4. The van der Waals surface area contributed by atoms with Crippen LogP contribution in [0.2, 0.25) is 0 Å². The first-order valence-electron chi connectivity index (χ1n) is 4.08. The van der Waals surface area contributed by atoms with Crippen LogP contribution in [0.25, 0.3) is 0 Å². The van der Waals surface area contributed by atoms with Gasteiger partial charge < -0.3 is 10.5 Å². The van der Waals surface area contributed by atoms with Crippen LogP contribution in [-0.4, -0.2) is 43.0 Å². The molecule has 5 nitrogen and oxygen atoms in total. The second kappa shape index (κ2) is 5.53. The quantitative estimate of drug-likeness (QED) is 0.582. The number of rotatable bonds is 5. The zero-order valence-corrected chi connectivity index (χ0v) is 8.24. The topological polar surface area (TPSA) is 72.6 Å². The van der Waals surface area contributed by atoms with Crippen LogP contribution in [0.3, 0.4) is 0 Å². The predicted octanol–water partition coefficient (Wildman–Crippen LogP) is -0.645. The summed E-state index contributed by atoms with van der Waals surface area (Å²) >= 11 is 0. The zero-order valence-electron chi connectivity index (χ0n) is 8.24. The van der Waals surface area contributed by atoms with Crippen molar-refractivity contribution >= 4 is 11.9 Å². The lowest BCUT2D eigenvalue weighted by molar-refractivity contribution is -0.148. The smallest absolute Gasteiger partial charge is 0.320 e. The molecule has 0 radical (unpaired) electrons. The third-order valence-electron chi connectivity index (χ3n) is 1.19. The Morgan fingerprint density at radius 1 is 1.38 bits per heavy atom. The summed E-state index contributed by atoms with van der Waals surface area (Å²) in [6.45, 7) is 3.69. The number of likely N-dealkylation sites (N-methyl/N-ethyl adjacent to an activating group) is 1. The van der Waals surface area contributed by atoms with Crippen LogP contribution in [0.4, 0.5) is 0 Å². The van der Waals surface area contributed by atoms with Crippen LogP contribution in [0.5, 0.6) is 0 Å². The van der Waals surface area contributed by atoms with Crippen molar-refractivity contribution in [2.75, 3.05) is 20.1 Å². The van der Waals surface area contributed by atoms with E-state index in [9.17, 15) is 9.59 Å². The van der Waals surface area contributed by atoms with E-state index in [1.54, 1.807) is 20.9 Å². The fourth-order valence-electron chi connectivity index (χ4n) is 0.842. The molecule has 1 amide bonds. The van der Waals surface area contributed by atoms with Gasteiger partial charge in [-0.05, 0) is 20.9 Å². The third-order valence-corrected chi connectivity index (χ3v) is 1.19. The molecule has 76 valence electrons. The summed E-state index contributed by atoms with van der Waals surface area (Å²) in [5.41, 5.74) is 4.94. The van der Waals surface area contributed by atoms with Gasteiger partial charge >= 0.3 is 5.97 Å². The highest BCUT2D eigenvalue weighted by molar-refractivity contribution is 5.77. The minimum Gasteiger partial charge on any atom is -0.462 e. The average molecular weight is 188 g/mol. The first kappa shape index (κ1) is 11.9. The van der Waals surface area contributed by atoms with Crippen molar-refractivity contribution in [1.82, 2.24) is 4.90 Å². The maximum absolute atomic E-state index is 11.0. The van der Waals surface area contributed by atoms with Gasteiger partial charge in [-0.1, -0.05) is 0 Å². The van der Waals surface area contributed by atoms with Crippen molar-refractivity contribution in [2.45, 2.75) is 20.0 Å². The van der Waals surface area contributed by atoms with Crippen LogP contribution in [0, 0.1) is 0 Å². The fraction of sp³-hybridized carbons (Fsp3) is 0.750. The molecule has 0 fully saturated rings. The number of nitrogens with zero attached hydrogens (tertiary/aromatic N) is 1. The van der Waals surface area contributed by atoms with E-state index in [0.717, 1.165) is 0 Å². The number of hydrogen-bond donors (Lipinski definition) is 1. The van der Waals surface area contributed by atoms with Crippen LogP contribution < -0.4 is 5.73 Å². The number of amides is 1. The summed E-state index contributed by atoms with van der Waals surface area (Å²) in [6.07, 6.45) is -0.130. The minimum atomic E-state index is -0.458. The largest absolute Gasteiger partial charge is 0.462 e. The van der Waals surface area contributed by atoms with Crippen molar-refractivity contribution in [3.63, 3.8) is 0 Å². The van der Waals surface area contributed by atoms with Crippen molar-refractivity contribution in [3.8, 4) is 0 Å². The van der Waals surface area contributed by atoms with Crippen LogP contribution >= 0.6 is 0 Å². The molecule has 0 spiro atoms. The Kier molecular flexibility index (Phi) is 5.06. The van der Waals surface area contributed by atoms with Crippen LogP contribution in [-0.2, 0) is 14.3 Å². The molecule has 0 aromatic carbocycles. The Bertz CT molecular complexity index is 192. The molecular weight excluding hydrogens is 172 g/mol. The number of esters is 1. The van der Waals surface area contributed by atoms with Crippen molar-refractivity contribution < 1.29 is 14.3 Å². The molecule has 0 atom stereocenters. The van der Waals surface area contributed by atoms with Crippen LogP contribution in [0.1, 0.15) is 13.8 Å². The van der Waals surface area contributed by atoms with Gasteiger partial charge in [0.1, 0.15) is 0 Å². The SMILES string of the molecule is CC(C)OC(=O)CN(C)CC(N)=O. The molecule has 2 N–H and O–H groups in total.